The number of benzene rings is 3. The summed E-state index contributed by atoms with van der Waals surface area (Å²) in [7, 11) is 0. The molecule has 0 amide bonds. The van der Waals surface area contributed by atoms with Gasteiger partial charge in [-0.05, 0) is 41.3 Å². The summed E-state index contributed by atoms with van der Waals surface area (Å²) in [6.45, 7) is 2.35. The van der Waals surface area contributed by atoms with Gasteiger partial charge >= 0.3 is 5.97 Å². The van der Waals surface area contributed by atoms with E-state index in [-0.39, 0.29) is 0 Å². The van der Waals surface area contributed by atoms with Gasteiger partial charge in [0.1, 0.15) is 12.4 Å². The van der Waals surface area contributed by atoms with E-state index in [9.17, 15) is 4.79 Å². The monoisotopic (exact) mass is 332 g/mol. The fourth-order valence-corrected chi connectivity index (χ4v) is 2.82. The van der Waals surface area contributed by atoms with Crippen LogP contribution in [-0.2, 0) is 13.0 Å². The van der Waals surface area contributed by atoms with Gasteiger partial charge in [-0.15, -0.1) is 0 Å². The van der Waals surface area contributed by atoms with Gasteiger partial charge < -0.3 is 9.84 Å². The summed E-state index contributed by atoms with van der Waals surface area (Å²) >= 11 is 0. The van der Waals surface area contributed by atoms with Crippen LogP contribution in [0.5, 0.6) is 5.75 Å². The van der Waals surface area contributed by atoms with E-state index < -0.39 is 5.97 Å². The van der Waals surface area contributed by atoms with E-state index >= 15 is 0 Å². The van der Waals surface area contributed by atoms with Crippen molar-refractivity contribution in [2.75, 3.05) is 0 Å². The molecule has 126 valence electrons. The molecule has 0 aliphatic rings. The first-order chi connectivity index (χ1) is 12.1. The van der Waals surface area contributed by atoms with Crippen molar-refractivity contribution in [1.82, 2.24) is 0 Å². The summed E-state index contributed by atoms with van der Waals surface area (Å²) in [5.74, 6) is -0.0399. The molecule has 0 spiro atoms. The van der Waals surface area contributed by atoms with Gasteiger partial charge in [-0.2, -0.15) is 0 Å². The molecule has 0 aromatic heterocycles. The standard InChI is InChI=1S/C22H20O3/c1-16-13-18(11-12-20(16)22(23)24)14-19-9-5-6-10-21(19)25-15-17-7-3-2-4-8-17/h2-13H,14-15H2,1H3,(H,23,24). The molecule has 0 aliphatic heterocycles. The van der Waals surface area contributed by atoms with Gasteiger partial charge in [-0.25, -0.2) is 4.79 Å². The van der Waals surface area contributed by atoms with E-state index in [0.717, 1.165) is 28.0 Å². The van der Waals surface area contributed by atoms with Gasteiger partial charge in [0.2, 0.25) is 0 Å². The Bertz CT molecular complexity index is 869. The zero-order chi connectivity index (χ0) is 17.6. The minimum absolute atomic E-state index is 0.345. The molecule has 3 rings (SSSR count). The van der Waals surface area contributed by atoms with Gasteiger partial charge in [0.05, 0.1) is 5.56 Å². The smallest absolute Gasteiger partial charge is 0.335 e. The molecule has 0 atom stereocenters. The van der Waals surface area contributed by atoms with Gasteiger partial charge in [-0.3, -0.25) is 0 Å². The minimum atomic E-state index is -0.893. The lowest BCUT2D eigenvalue weighted by molar-refractivity contribution is 0.0696. The quantitative estimate of drug-likeness (QED) is 0.701. The molecule has 3 aromatic rings. The fraction of sp³-hybridized carbons (Fsp3) is 0.136. The average Bonchev–Trinajstić information content (AvgIpc) is 2.61. The number of hydrogen-bond acceptors (Lipinski definition) is 2. The predicted molar refractivity (Wildman–Crippen MR) is 98.2 cm³/mol. The van der Waals surface area contributed by atoms with Gasteiger partial charge in [-0.1, -0.05) is 60.7 Å². The summed E-state index contributed by atoms with van der Waals surface area (Å²) in [6.07, 6.45) is 0.700. The second-order valence-electron chi connectivity index (χ2n) is 6.01. The highest BCUT2D eigenvalue weighted by Gasteiger charge is 2.09. The maximum Gasteiger partial charge on any atom is 0.335 e. The molecule has 0 saturated heterocycles. The Kier molecular flexibility index (Phi) is 5.14. The maximum absolute atomic E-state index is 11.1. The van der Waals surface area contributed by atoms with E-state index in [4.69, 9.17) is 9.84 Å². The number of carboxylic acids is 1. The van der Waals surface area contributed by atoms with Crippen LogP contribution in [0.4, 0.5) is 0 Å². The van der Waals surface area contributed by atoms with Crippen LogP contribution in [0.2, 0.25) is 0 Å². The zero-order valence-corrected chi connectivity index (χ0v) is 14.1. The van der Waals surface area contributed by atoms with Crippen molar-refractivity contribution < 1.29 is 14.6 Å². The molecular weight excluding hydrogens is 312 g/mol. The SMILES string of the molecule is Cc1cc(Cc2ccccc2OCc2ccccc2)ccc1C(=O)O. The third kappa shape index (κ3) is 4.27. The van der Waals surface area contributed by atoms with Crippen molar-refractivity contribution in [3.8, 4) is 5.75 Å². The number of ether oxygens (including phenoxy) is 1. The molecule has 3 nitrogen and oxygen atoms in total. The predicted octanol–water partition coefficient (Wildman–Crippen LogP) is 4.86. The van der Waals surface area contributed by atoms with Crippen molar-refractivity contribution in [2.45, 2.75) is 20.0 Å². The molecular formula is C22H20O3. The molecule has 0 heterocycles. The second-order valence-corrected chi connectivity index (χ2v) is 6.01. The molecule has 3 heteroatoms. The summed E-state index contributed by atoms with van der Waals surface area (Å²) < 4.78 is 5.99. The average molecular weight is 332 g/mol. The Morgan fingerprint density at radius 3 is 2.36 bits per heavy atom. The highest BCUT2D eigenvalue weighted by molar-refractivity contribution is 5.89. The van der Waals surface area contributed by atoms with Crippen LogP contribution in [-0.4, -0.2) is 11.1 Å². The van der Waals surface area contributed by atoms with Gasteiger partial charge in [0.15, 0.2) is 0 Å². The van der Waals surface area contributed by atoms with Crippen LogP contribution < -0.4 is 4.74 Å². The number of para-hydroxylation sites is 1. The molecule has 0 aliphatic carbocycles. The Hall–Kier alpha value is -3.07. The first kappa shape index (κ1) is 16.8. The third-order valence-corrected chi connectivity index (χ3v) is 4.13. The van der Waals surface area contributed by atoms with Crippen molar-refractivity contribution >= 4 is 5.97 Å². The number of aryl methyl sites for hydroxylation is 1. The third-order valence-electron chi connectivity index (χ3n) is 4.13. The van der Waals surface area contributed by atoms with E-state index in [0.29, 0.717) is 18.6 Å². The number of rotatable bonds is 6. The maximum atomic E-state index is 11.1. The Morgan fingerprint density at radius 2 is 1.64 bits per heavy atom. The number of aromatic carboxylic acids is 1. The molecule has 0 bridgehead atoms. The van der Waals surface area contributed by atoms with Crippen LogP contribution in [0.25, 0.3) is 0 Å². The first-order valence-corrected chi connectivity index (χ1v) is 8.21. The largest absolute Gasteiger partial charge is 0.489 e. The van der Waals surface area contributed by atoms with Gasteiger partial charge in [0, 0.05) is 6.42 Å². The molecule has 0 fully saturated rings. The van der Waals surface area contributed by atoms with E-state index in [2.05, 4.69) is 0 Å². The molecule has 25 heavy (non-hydrogen) atoms. The topological polar surface area (TPSA) is 46.5 Å². The highest BCUT2D eigenvalue weighted by Crippen LogP contribution is 2.23. The lowest BCUT2D eigenvalue weighted by Crippen LogP contribution is -2.02. The fourth-order valence-electron chi connectivity index (χ4n) is 2.82. The van der Waals surface area contributed by atoms with Crippen molar-refractivity contribution in [2.24, 2.45) is 0 Å². The normalized spacial score (nSPS) is 10.4. The summed E-state index contributed by atoms with van der Waals surface area (Å²) in [5, 5.41) is 9.15. The minimum Gasteiger partial charge on any atom is -0.489 e. The summed E-state index contributed by atoms with van der Waals surface area (Å²) in [5.41, 5.74) is 4.39. The first-order valence-electron chi connectivity index (χ1n) is 8.21. The Labute approximate surface area is 147 Å². The van der Waals surface area contributed by atoms with Crippen molar-refractivity contribution in [1.29, 1.82) is 0 Å². The van der Waals surface area contributed by atoms with Crippen LogP contribution in [0.15, 0.2) is 72.8 Å². The highest BCUT2D eigenvalue weighted by atomic mass is 16.5. The van der Waals surface area contributed by atoms with E-state index in [1.807, 2.05) is 73.7 Å². The zero-order valence-electron chi connectivity index (χ0n) is 14.1. The number of hydrogen-bond donors (Lipinski definition) is 1. The van der Waals surface area contributed by atoms with Crippen LogP contribution >= 0.6 is 0 Å². The number of carboxylic acid groups (broad SMARTS) is 1. The molecule has 0 radical (unpaired) electrons. The Morgan fingerprint density at radius 1 is 0.920 bits per heavy atom. The van der Waals surface area contributed by atoms with Crippen LogP contribution in [0.3, 0.4) is 0 Å². The second kappa shape index (κ2) is 7.67. The number of carbonyl (C=O) groups is 1. The van der Waals surface area contributed by atoms with E-state index in [1.54, 1.807) is 6.07 Å². The van der Waals surface area contributed by atoms with Crippen LogP contribution in [0.1, 0.15) is 32.6 Å². The molecule has 0 saturated carbocycles. The molecule has 0 unspecified atom stereocenters. The molecule has 1 N–H and O–H groups in total. The summed E-state index contributed by atoms with van der Waals surface area (Å²) in [4.78, 5) is 11.1. The van der Waals surface area contributed by atoms with Crippen molar-refractivity contribution in [3.63, 3.8) is 0 Å². The van der Waals surface area contributed by atoms with Crippen molar-refractivity contribution in [3.05, 3.63) is 101 Å². The van der Waals surface area contributed by atoms with Gasteiger partial charge in [0.25, 0.3) is 0 Å². The lowest BCUT2D eigenvalue weighted by atomic mass is 9.99. The van der Waals surface area contributed by atoms with Crippen LogP contribution in [0, 0.1) is 6.92 Å². The van der Waals surface area contributed by atoms with E-state index in [1.165, 1.54) is 0 Å². The lowest BCUT2D eigenvalue weighted by Gasteiger charge is -2.12. The Balaban J connectivity index is 1.77. The summed E-state index contributed by atoms with van der Waals surface area (Å²) in [6, 6.07) is 23.5. The molecule has 3 aromatic carbocycles.